The molecule has 2 amide bonds. The van der Waals surface area contributed by atoms with Gasteiger partial charge in [-0.15, -0.1) is 0 Å². The molecule has 0 saturated carbocycles. The van der Waals surface area contributed by atoms with Crippen LogP contribution in [-0.2, 0) is 26.0 Å². The van der Waals surface area contributed by atoms with Crippen LogP contribution in [0.4, 0.5) is 5.69 Å². The van der Waals surface area contributed by atoms with Gasteiger partial charge < -0.3 is 4.74 Å². The largest absolute Gasteiger partial charge is 0.484 e. The van der Waals surface area contributed by atoms with Crippen LogP contribution in [0.1, 0.15) is 18.1 Å². The molecule has 0 aromatic heterocycles. The first-order valence-corrected chi connectivity index (χ1v) is 10.9. The van der Waals surface area contributed by atoms with E-state index in [1.807, 2.05) is 19.1 Å². The normalized spacial score (nSPS) is 10.9. The van der Waals surface area contributed by atoms with Crippen molar-refractivity contribution in [2.75, 3.05) is 23.7 Å². The third kappa shape index (κ3) is 6.79. The summed E-state index contributed by atoms with van der Waals surface area (Å²) in [5.41, 5.74) is 6.67. The maximum atomic E-state index is 12.2. The van der Waals surface area contributed by atoms with Crippen LogP contribution in [-0.4, -0.2) is 39.6 Å². The minimum atomic E-state index is -3.69. The van der Waals surface area contributed by atoms with Gasteiger partial charge in [-0.25, -0.2) is 8.42 Å². The lowest BCUT2D eigenvalue weighted by Crippen LogP contribution is -2.48. The van der Waals surface area contributed by atoms with Crippen molar-refractivity contribution < 1.29 is 22.7 Å². The molecule has 2 aromatic rings. The van der Waals surface area contributed by atoms with Crippen LogP contribution in [0.3, 0.4) is 0 Å². The molecule has 2 N–H and O–H groups in total. The summed E-state index contributed by atoms with van der Waals surface area (Å²) in [4.78, 5) is 24.0. The lowest BCUT2D eigenvalue weighted by atomic mass is 10.2. The Labute approximate surface area is 170 Å². The van der Waals surface area contributed by atoms with Gasteiger partial charge in [0.2, 0.25) is 10.0 Å². The summed E-state index contributed by atoms with van der Waals surface area (Å²) in [6.07, 6.45) is 1.92. The second kappa shape index (κ2) is 9.92. The number of nitrogens with one attached hydrogen (secondary N) is 2. The molecule has 156 valence electrons. The molecule has 2 aromatic carbocycles. The molecular weight excluding hydrogens is 394 g/mol. The number of carbonyl (C=O) groups excluding carboxylic acids is 2. The quantitative estimate of drug-likeness (QED) is 0.632. The van der Waals surface area contributed by atoms with E-state index in [1.54, 1.807) is 43.3 Å². The van der Waals surface area contributed by atoms with E-state index in [-0.39, 0.29) is 6.61 Å². The molecule has 0 bridgehead atoms. The van der Waals surface area contributed by atoms with Gasteiger partial charge in [-0.05, 0) is 42.7 Å². The van der Waals surface area contributed by atoms with Crippen molar-refractivity contribution in [3.05, 3.63) is 59.7 Å². The van der Waals surface area contributed by atoms with Gasteiger partial charge in [-0.3, -0.25) is 24.7 Å². The highest BCUT2D eigenvalue weighted by atomic mass is 32.2. The fraction of sp³-hybridized carbons (Fsp3) is 0.300. The molecule has 0 aliphatic heterocycles. The number of anilines is 1. The Morgan fingerprint density at radius 2 is 1.62 bits per heavy atom. The zero-order valence-electron chi connectivity index (χ0n) is 16.6. The zero-order chi connectivity index (χ0) is 21.4. The van der Waals surface area contributed by atoms with Crippen molar-refractivity contribution in [1.29, 1.82) is 0 Å². The number of hydrogen-bond donors (Lipinski definition) is 2. The molecule has 0 atom stereocenters. The number of para-hydroxylation sites is 1. The SMILES string of the molecule is CCc1ccc(OCC(=O)NNC(=O)CN(c2ccccc2C)S(C)(=O)=O)cc1. The number of hydrazine groups is 1. The average Bonchev–Trinajstić information content (AvgIpc) is 2.69. The van der Waals surface area contributed by atoms with Gasteiger partial charge >= 0.3 is 0 Å². The molecule has 0 unspecified atom stereocenters. The van der Waals surface area contributed by atoms with Crippen LogP contribution in [0.15, 0.2) is 48.5 Å². The number of amides is 2. The van der Waals surface area contributed by atoms with E-state index >= 15 is 0 Å². The van der Waals surface area contributed by atoms with Gasteiger partial charge in [0.1, 0.15) is 12.3 Å². The van der Waals surface area contributed by atoms with Crippen molar-refractivity contribution in [3.8, 4) is 5.75 Å². The number of sulfonamides is 1. The van der Waals surface area contributed by atoms with Gasteiger partial charge in [0.25, 0.3) is 11.8 Å². The van der Waals surface area contributed by atoms with E-state index in [1.165, 1.54) is 0 Å². The van der Waals surface area contributed by atoms with Crippen molar-refractivity contribution in [2.24, 2.45) is 0 Å². The highest BCUT2D eigenvalue weighted by Gasteiger charge is 2.22. The Bertz CT molecular complexity index is 958. The van der Waals surface area contributed by atoms with Crippen LogP contribution >= 0.6 is 0 Å². The van der Waals surface area contributed by atoms with Gasteiger partial charge in [-0.2, -0.15) is 0 Å². The van der Waals surface area contributed by atoms with Gasteiger partial charge in [0.15, 0.2) is 6.61 Å². The van der Waals surface area contributed by atoms with E-state index < -0.39 is 28.4 Å². The number of aryl methyl sites for hydroxylation is 2. The van der Waals surface area contributed by atoms with E-state index in [4.69, 9.17) is 4.74 Å². The van der Waals surface area contributed by atoms with Crippen molar-refractivity contribution >= 4 is 27.5 Å². The molecule has 0 aliphatic carbocycles. The zero-order valence-corrected chi connectivity index (χ0v) is 17.5. The number of benzene rings is 2. The van der Waals surface area contributed by atoms with Crippen LogP contribution in [0, 0.1) is 6.92 Å². The maximum Gasteiger partial charge on any atom is 0.276 e. The molecule has 0 spiro atoms. The summed E-state index contributed by atoms with van der Waals surface area (Å²) in [6, 6.07) is 14.1. The van der Waals surface area contributed by atoms with Gasteiger partial charge in [-0.1, -0.05) is 37.3 Å². The number of rotatable bonds is 8. The summed E-state index contributed by atoms with van der Waals surface area (Å²) in [6.45, 7) is 3.02. The van der Waals surface area contributed by atoms with E-state index in [9.17, 15) is 18.0 Å². The Morgan fingerprint density at radius 3 is 2.21 bits per heavy atom. The Kier molecular flexibility index (Phi) is 7.60. The van der Waals surface area contributed by atoms with Gasteiger partial charge in [0.05, 0.1) is 11.9 Å². The van der Waals surface area contributed by atoms with Crippen molar-refractivity contribution in [2.45, 2.75) is 20.3 Å². The highest BCUT2D eigenvalue weighted by molar-refractivity contribution is 7.92. The number of hydrogen-bond acceptors (Lipinski definition) is 5. The molecule has 0 saturated heterocycles. The minimum Gasteiger partial charge on any atom is -0.484 e. The van der Waals surface area contributed by atoms with Crippen LogP contribution < -0.4 is 19.9 Å². The van der Waals surface area contributed by atoms with E-state index in [2.05, 4.69) is 10.9 Å². The second-order valence-corrected chi connectivity index (χ2v) is 8.35. The fourth-order valence-corrected chi connectivity index (χ4v) is 3.45. The van der Waals surface area contributed by atoms with Crippen LogP contribution in [0.5, 0.6) is 5.75 Å². The van der Waals surface area contributed by atoms with Crippen LogP contribution in [0.25, 0.3) is 0 Å². The predicted octanol–water partition coefficient (Wildman–Crippen LogP) is 1.55. The monoisotopic (exact) mass is 419 g/mol. The molecule has 0 fully saturated rings. The highest BCUT2D eigenvalue weighted by Crippen LogP contribution is 2.21. The fourth-order valence-electron chi connectivity index (χ4n) is 2.54. The first-order chi connectivity index (χ1) is 13.7. The van der Waals surface area contributed by atoms with Gasteiger partial charge in [0, 0.05) is 0 Å². The molecule has 9 heteroatoms. The third-order valence-corrected chi connectivity index (χ3v) is 5.24. The van der Waals surface area contributed by atoms with Crippen molar-refractivity contribution in [3.63, 3.8) is 0 Å². The molecule has 0 heterocycles. The first-order valence-electron chi connectivity index (χ1n) is 9.03. The van der Waals surface area contributed by atoms with E-state index in [0.717, 1.165) is 22.5 Å². The Hall–Kier alpha value is -3.07. The molecule has 29 heavy (non-hydrogen) atoms. The second-order valence-electron chi connectivity index (χ2n) is 6.44. The topological polar surface area (TPSA) is 105 Å². The summed E-state index contributed by atoms with van der Waals surface area (Å²) < 4.78 is 30.5. The lowest BCUT2D eigenvalue weighted by molar-refractivity contribution is -0.129. The Morgan fingerprint density at radius 1 is 1.00 bits per heavy atom. The summed E-state index contributed by atoms with van der Waals surface area (Å²) >= 11 is 0. The molecule has 0 radical (unpaired) electrons. The molecular formula is C20H25N3O5S. The molecule has 2 rings (SSSR count). The summed E-state index contributed by atoms with van der Waals surface area (Å²) in [5, 5.41) is 0. The number of ether oxygens (including phenoxy) is 1. The van der Waals surface area contributed by atoms with E-state index in [0.29, 0.717) is 17.0 Å². The smallest absolute Gasteiger partial charge is 0.276 e. The predicted molar refractivity (Wildman–Crippen MR) is 111 cm³/mol. The average molecular weight is 420 g/mol. The lowest BCUT2D eigenvalue weighted by Gasteiger charge is -2.23. The number of carbonyl (C=O) groups is 2. The minimum absolute atomic E-state index is 0.292. The molecule has 8 nitrogen and oxygen atoms in total. The Balaban J connectivity index is 1.88. The van der Waals surface area contributed by atoms with Crippen LogP contribution in [0.2, 0.25) is 0 Å². The summed E-state index contributed by atoms with van der Waals surface area (Å²) in [7, 11) is -3.69. The number of nitrogens with zero attached hydrogens (tertiary/aromatic N) is 1. The third-order valence-electron chi connectivity index (χ3n) is 4.11. The standard InChI is InChI=1S/C20H25N3O5S/c1-4-16-9-11-17(12-10-16)28-14-20(25)22-21-19(24)13-23(29(3,26)27)18-8-6-5-7-15(18)2/h5-12H,4,13-14H2,1-3H3,(H,21,24)(H,22,25). The molecule has 0 aliphatic rings. The van der Waals surface area contributed by atoms with Crippen molar-refractivity contribution in [1.82, 2.24) is 10.9 Å². The maximum absolute atomic E-state index is 12.2. The first kappa shape index (κ1) is 22.2. The summed E-state index contributed by atoms with van der Waals surface area (Å²) in [5.74, 6) is -0.717.